The zero-order valence-corrected chi connectivity index (χ0v) is 16.6. The van der Waals surface area contributed by atoms with E-state index in [4.69, 9.17) is 0 Å². The predicted molar refractivity (Wildman–Crippen MR) is 108 cm³/mol. The van der Waals surface area contributed by atoms with E-state index in [-0.39, 0.29) is 24.1 Å². The number of esters is 1. The molecule has 2 aromatic rings. The molecule has 2 fully saturated rings. The molecule has 0 aromatic heterocycles. The van der Waals surface area contributed by atoms with Crippen LogP contribution in [0.2, 0.25) is 0 Å². The van der Waals surface area contributed by atoms with Crippen molar-refractivity contribution >= 4 is 29.2 Å². The fourth-order valence-electron chi connectivity index (χ4n) is 4.14. The summed E-state index contributed by atoms with van der Waals surface area (Å²) in [6, 6.07) is 12.3. The lowest BCUT2D eigenvalue weighted by molar-refractivity contribution is -0.915. The summed E-state index contributed by atoms with van der Waals surface area (Å²) < 4.78 is 17.8. The highest BCUT2D eigenvalue weighted by Crippen LogP contribution is 2.23. The maximum absolute atomic E-state index is 13.1. The maximum atomic E-state index is 13.1. The van der Waals surface area contributed by atoms with Crippen LogP contribution >= 0.6 is 0 Å². The number of anilines is 2. The average Bonchev–Trinajstić information content (AvgIpc) is 3.08. The molecule has 2 amide bonds. The number of imide groups is 1. The Hall–Kier alpha value is -3.26. The standard InChI is InChI=1S/C22H22FN3O4/c1-30-22(29)15-2-6-18(7-3-15)26-20(27)14-19(21(26)28)25-12-10-24(11-13-25)17-8-4-16(23)5-9-17/h2-9,19H,10-14H2,1H3/p+1. The van der Waals surface area contributed by atoms with E-state index < -0.39 is 12.0 Å². The van der Waals surface area contributed by atoms with E-state index in [9.17, 15) is 18.8 Å². The van der Waals surface area contributed by atoms with Crippen molar-refractivity contribution in [2.24, 2.45) is 0 Å². The van der Waals surface area contributed by atoms with Crippen LogP contribution in [0.4, 0.5) is 15.8 Å². The molecule has 0 radical (unpaired) electrons. The van der Waals surface area contributed by atoms with Gasteiger partial charge in [-0.05, 0) is 48.5 Å². The van der Waals surface area contributed by atoms with Gasteiger partial charge < -0.3 is 14.5 Å². The minimum absolute atomic E-state index is 0.170. The first-order chi connectivity index (χ1) is 14.5. The van der Waals surface area contributed by atoms with E-state index >= 15 is 0 Å². The predicted octanol–water partition coefficient (Wildman–Crippen LogP) is 0.649. The number of nitrogens with one attached hydrogen (secondary N) is 1. The van der Waals surface area contributed by atoms with Gasteiger partial charge in [-0.3, -0.25) is 9.59 Å². The molecule has 7 nitrogen and oxygen atoms in total. The zero-order valence-electron chi connectivity index (χ0n) is 16.6. The lowest BCUT2D eigenvalue weighted by Gasteiger charge is -2.35. The number of hydrogen-bond acceptors (Lipinski definition) is 5. The van der Waals surface area contributed by atoms with Crippen molar-refractivity contribution in [3.63, 3.8) is 0 Å². The zero-order chi connectivity index (χ0) is 21.3. The van der Waals surface area contributed by atoms with Crippen molar-refractivity contribution in [2.75, 3.05) is 43.1 Å². The van der Waals surface area contributed by atoms with Crippen LogP contribution in [0.1, 0.15) is 16.8 Å². The second-order valence-corrected chi connectivity index (χ2v) is 7.48. The van der Waals surface area contributed by atoms with E-state index in [0.717, 1.165) is 36.8 Å². The van der Waals surface area contributed by atoms with Gasteiger partial charge >= 0.3 is 5.97 Å². The van der Waals surface area contributed by atoms with Crippen LogP contribution in [0, 0.1) is 5.82 Å². The molecule has 1 N–H and O–H groups in total. The molecule has 2 saturated heterocycles. The van der Waals surface area contributed by atoms with Gasteiger partial charge in [0.05, 0.1) is 51.0 Å². The summed E-state index contributed by atoms with van der Waals surface area (Å²) in [5, 5.41) is 0. The van der Waals surface area contributed by atoms with Crippen LogP contribution in [0.25, 0.3) is 0 Å². The number of amides is 2. The second-order valence-electron chi connectivity index (χ2n) is 7.48. The summed E-state index contributed by atoms with van der Waals surface area (Å²) in [4.78, 5) is 41.6. The number of methoxy groups -OCH3 is 1. The summed E-state index contributed by atoms with van der Waals surface area (Å²) in [5.41, 5.74) is 1.78. The lowest BCUT2D eigenvalue weighted by Crippen LogP contribution is -3.19. The Labute approximate surface area is 173 Å². The first-order valence-electron chi connectivity index (χ1n) is 9.88. The molecule has 4 rings (SSSR count). The Balaban J connectivity index is 1.42. The van der Waals surface area contributed by atoms with Gasteiger partial charge in [-0.1, -0.05) is 0 Å². The smallest absolute Gasteiger partial charge is 0.337 e. The van der Waals surface area contributed by atoms with Crippen molar-refractivity contribution in [3.05, 3.63) is 59.9 Å². The SMILES string of the molecule is COC(=O)c1ccc(N2C(=O)CC([NH+]3CCN(c4ccc(F)cc4)CC3)C2=O)cc1. The average molecular weight is 412 g/mol. The molecule has 8 heteroatoms. The van der Waals surface area contributed by atoms with Gasteiger partial charge in [0.2, 0.25) is 5.91 Å². The summed E-state index contributed by atoms with van der Waals surface area (Å²) in [6.45, 7) is 2.89. The van der Waals surface area contributed by atoms with Gasteiger partial charge in [-0.15, -0.1) is 0 Å². The first-order valence-corrected chi connectivity index (χ1v) is 9.88. The number of rotatable bonds is 4. The lowest BCUT2D eigenvalue weighted by atomic mass is 10.1. The molecule has 0 spiro atoms. The minimum Gasteiger partial charge on any atom is -0.465 e. The van der Waals surface area contributed by atoms with E-state index in [1.807, 2.05) is 0 Å². The molecule has 0 aliphatic carbocycles. The molecule has 2 heterocycles. The van der Waals surface area contributed by atoms with Crippen LogP contribution < -0.4 is 14.7 Å². The van der Waals surface area contributed by atoms with Crippen molar-refractivity contribution in [3.8, 4) is 0 Å². The Kier molecular flexibility index (Phi) is 5.50. The molecule has 2 aromatic carbocycles. The van der Waals surface area contributed by atoms with Crippen LogP contribution in [-0.4, -0.2) is 57.1 Å². The molecule has 30 heavy (non-hydrogen) atoms. The fourth-order valence-corrected chi connectivity index (χ4v) is 4.14. The number of benzene rings is 2. The highest BCUT2D eigenvalue weighted by atomic mass is 19.1. The number of carbonyl (C=O) groups is 3. The molecule has 1 atom stereocenters. The third-order valence-corrected chi connectivity index (χ3v) is 5.78. The van der Waals surface area contributed by atoms with Gasteiger partial charge in [0.25, 0.3) is 5.91 Å². The normalized spacial score (nSPS) is 20.0. The van der Waals surface area contributed by atoms with E-state index in [1.54, 1.807) is 36.4 Å². The number of piperazine rings is 1. The molecular formula is C22H23FN3O4+. The third kappa shape index (κ3) is 3.78. The van der Waals surface area contributed by atoms with Crippen LogP contribution in [0.15, 0.2) is 48.5 Å². The van der Waals surface area contributed by atoms with Gasteiger partial charge in [0.15, 0.2) is 6.04 Å². The van der Waals surface area contributed by atoms with Crippen LogP contribution in [-0.2, 0) is 14.3 Å². The summed E-state index contributed by atoms with van der Waals surface area (Å²) in [5.74, 6) is -1.18. The van der Waals surface area contributed by atoms with Gasteiger partial charge in [0.1, 0.15) is 5.82 Å². The van der Waals surface area contributed by atoms with Crippen molar-refractivity contribution in [1.82, 2.24) is 0 Å². The number of carbonyl (C=O) groups excluding carboxylic acids is 3. The Morgan fingerprint density at radius 1 is 1.00 bits per heavy atom. The Bertz CT molecular complexity index is 953. The number of nitrogens with zero attached hydrogens (tertiary/aromatic N) is 2. The molecule has 1 unspecified atom stereocenters. The van der Waals surface area contributed by atoms with E-state index in [2.05, 4.69) is 9.64 Å². The number of hydrogen-bond donors (Lipinski definition) is 1. The molecule has 2 aliphatic rings. The monoisotopic (exact) mass is 412 g/mol. The van der Waals surface area contributed by atoms with Gasteiger partial charge in [-0.2, -0.15) is 0 Å². The van der Waals surface area contributed by atoms with Crippen LogP contribution in [0.3, 0.4) is 0 Å². The summed E-state index contributed by atoms with van der Waals surface area (Å²) in [6.07, 6.45) is 0.170. The van der Waals surface area contributed by atoms with E-state index in [1.165, 1.54) is 24.1 Å². The van der Waals surface area contributed by atoms with E-state index in [0.29, 0.717) is 11.3 Å². The fraction of sp³-hybridized carbons (Fsp3) is 0.318. The number of quaternary nitrogens is 1. The Morgan fingerprint density at radius 3 is 2.20 bits per heavy atom. The van der Waals surface area contributed by atoms with Gasteiger partial charge in [0, 0.05) is 5.69 Å². The van der Waals surface area contributed by atoms with Gasteiger partial charge in [-0.25, -0.2) is 14.1 Å². The van der Waals surface area contributed by atoms with Crippen molar-refractivity contribution in [1.29, 1.82) is 0 Å². The number of ether oxygens (including phenoxy) is 1. The highest BCUT2D eigenvalue weighted by molar-refractivity contribution is 6.22. The third-order valence-electron chi connectivity index (χ3n) is 5.78. The minimum atomic E-state index is -0.470. The second kappa shape index (κ2) is 8.23. The molecule has 0 saturated carbocycles. The first kappa shape index (κ1) is 20.0. The molecular weight excluding hydrogens is 389 g/mol. The maximum Gasteiger partial charge on any atom is 0.337 e. The van der Waals surface area contributed by atoms with Crippen LogP contribution in [0.5, 0.6) is 0 Å². The Morgan fingerprint density at radius 2 is 1.60 bits per heavy atom. The van der Waals surface area contributed by atoms with Crippen molar-refractivity contribution < 1.29 is 28.4 Å². The largest absolute Gasteiger partial charge is 0.465 e. The van der Waals surface area contributed by atoms with Crippen molar-refractivity contribution in [2.45, 2.75) is 12.5 Å². The molecule has 2 aliphatic heterocycles. The highest BCUT2D eigenvalue weighted by Gasteiger charge is 2.46. The topological polar surface area (TPSA) is 71.4 Å². The quantitative estimate of drug-likeness (QED) is 0.590. The molecule has 0 bridgehead atoms. The molecule has 156 valence electrons. The number of halogens is 1. The summed E-state index contributed by atoms with van der Waals surface area (Å²) >= 11 is 0. The summed E-state index contributed by atoms with van der Waals surface area (Å²) in [7, 11) is 1.30.